The standard InChI is InChI=1S/C20H24N2O3S/c1-15-5-8-18(9-6-15)11-13-26(24,25)21-12-10-20(23)22-19-14-16(2)4-7-17(19)3/h4-9,11,13-14,21H,10,12H2,1-3H3,(H,22,23)/b13-11+. The third-order valence-electron chi connectivity index (χ3n) is 3.84. The van der Waals surface area contributed by atoms with Gasteiger partial charge < -0.3 is 5.32 Å². The van der Waals surface area contributed by atoms with E-state index in [4.69, 9.17) is 0 Å². The topological polar surface area (TPSA) is 75.3 Å². The second-order valence-electron chi connectivity index (χ2n) is 6.27. The van der Waals surface area contributed by atoms with E-state index >= 15 is 0 Å². The summed E-state index contributed by atoms with van der Waals surface area (Å²) in [5.74, 6) is -0.232. The van der Waals surface area contributed by atoms with Crippen molar-refractivity contribution in [2.24, 2.45) is 0 Å². The fourth-order valence-electron chi connectivity index (χ4n) is 2.28. The lowest BCUT2D eigenvalue weighted by atomic mass is 10.1. The average molecular weight is 372 g/mol. The predicted octanol–water partition coefficient (Wildman–Crippen LogP) is 3.53. The summed E-state index contributed by atoms with van der Waals surface area (Å²) in [4.78, 5) is 12.0. The van der Waals surface area contributed by atoms with Gasteiger partial charge in [-0.1, -0.05) is 42.0 Å². The first-order valence-corrected chi connectivity index (χ1v) is 9.91. The van der Waals surface area contributed by atoms with E-state index < -0.39 is 10.0 Å². The molecule has 0 heterocycles. The number of anilines is 1. The molecule has 0 saturated carbocycles. The minimum absolute atomic E-state index is 0.0390. The highest BCUT2D eigenvalue weighted by atomic mass is 32.2. The Hall–Kier alpha value is -2.44. The third kappa shape index (κ3) is 6.46. The molecule has 0 aromatic heterocycles. The highest BCUT2D eigenvalue weighted by molar-refractivity contribution is 7.92. The molecule has 0 saturated heterocycles. The first kappa shape index (κ1) is 19.9. The zero-order chi connectivity index (χ0) is 19.2. The molecule has 0 atom stereocenters. The van der Waals surface area contributed by atoms with Crippen LogP contribution in [0.4, 0.5) is 5.69 Å². The van der Waals surface area contributed by atoms with Crippen LogP contribution in [0.1, 0.15) is 28.7 Å². The molecule has 0 radical (unpaired) electrons. The van der Waals surface area contributed by atoms with Crippen LogP contribution >= 0.6 is 0 Å². The van der Waals surface area contributed by atoms with Gasteiger partial charge in [0.25, 0.3) is 0 Å². The first-order chi connectivity index (χ1) is 12.2. The molecule has 26 heavy (non-hydrogen) atoms. The van der Waals surface area contributed by atoms with Gasteiger partial charge in [0.05, 0.1) is 0 Å². The minimum Gasteiger partial charge on any atom is -0.326 e. The molecule has 0 fully saturated rings. The molecule has 0 spiro atoms. The van der Waals surface area contributed by atoms with Gasteiger partial charge in [-0.25, -0.2) is 13.1 Å². The molecule has 2 aromatic carbocycles. The molecule has 0 aliphatic rings. The van der Waals surface area contributed by atoms with E-state index in [2.05, 4.69) is 10.0 Å². The molecule has 138 valence electrons. The quantitative estimate of drug-likeness (QED) is 0.781. The lowest BCUT2D eigenvalue weighted by molar-refractivity contribution is -0.116. The lowest BCUT2D eigenvalue weighted by Crippen LogP contribution is -2.26. The van der Waals surface area contributed by atoms with Gasteiger partial charge >= 0.3 is 0 Å². The van der Waals surface area contributed by atoms with Gasteiger partial charge in [0.15, 0.2) is 0 Å². The summed E-state index contributed by atoms with van der Waals surface area (Å²) in [6, 6.07) is 13.3. The largest absolute Gasteiger partial charge is 0.326 e. The summed E-state index contributed by atoms with van der Waals surface area (Å²) < 4.78 is 26.4. The Kier molecular flexibility index (Phi) is 6.71. The third-order valence-corrected chi connectivity index (χ3v) is 4.94. The van der Waals surface area contributed by atoms with Gasteiger partial charge in [0, 0.05) is 24.1 Å². The molecule has 0 aliphatic heterocycles. The number of carbonyl (C=O) groups is 1. The summed E-state index contributed by atoms with van der Waals surface area (Å²) in [6.45, 7) is 5.86. The number of carbonyl (C=O) groups excluding carboxylic acids is 1. The SMILES string of the molecule is Cc1ccc(/C=C/S(=O)(=O)NCCC(=O)Nc2cc(C)ccc2C)cc1. The lowest BCUT2D eigenvalue weighted by Gasteiger charge is -2.09. The van der Waals surface area contributed by atoms with Crippen LogP contribution in [0.5, 0.6) is 0 Å². The zero-order valence-electron chi connectivity index (χ0n) is 15.2. The van der Waals surface area contributed by atoms with Gasteiger partial charge in [-0.3, -0.25) is 4.79 Å². The molecule has 6 heteroatoms. The van der Waals surface area contributed by atoms with E-state index in [1.54, 1.807) is 0 Å². The Balaban J connectivity index is 1.84. The molecule has 0 bridgehead atoms. The van der Waals surface area contributed by atoms with Crippen molar-refractivity contribution in [2.45, 2.75) is 27.2 Å². The number of amides is 1. The highest BCUT2D eigenvalue weighted by Gasteiger charge is 2.08. The zero-order valence-corrected chi connectivity index (χ0v) is 16.1. The molecule has 2 rings (SSSR count). The normalized spacial score (nSPS) is 11.7. The van der Waals surface area contributed by atoms with Crippen molar-refractivity contribution in [2.75, 3.05) is 11.9 Å². The van der Waals surface area contributed by atoms with Crippen molar-refractivity contribution in [3.8, 4) is 0 Å². The monoisotopic (exact) mass is 372 g/mol. The van der Waals surface area contributed by atoms with Gasteiger partial charge in [-0.15, -0.1) is 0 Å². The predicted molar refractivity (Wildman–Crippen MR) is 106 cm³/mol. The van der Waals surface area contributed by atoms with Crippen molar-refractivity contribution in [1.29, 1.82) is 0 Å². The molecule has 2 aromatic rings. The molecular weight excluding hydrogens is 348 g/mol. The molecule has 5 nitrogen and oxygen atoms in total. The van der Waals surface area contributed by atoms with Crippen LogP contribution in [-0.4, -0.2) is 20.9 Å². The fraction of sp³-hybridized carbons (Fsp3) is 0.250. The van der Waals surface area contributed by atoms with Gasteiger partial charge in [0.1, 0.15) is 0 Å². The fourth-order valence-corrected chi connectivity index (χ4v) is 3.10. The Morgan fingerprint density at radius 1 is 1.00 bits per heavy atom. The molecule has 0 unspecified atom stereocenters. The Morgan fingerprint density at radius 3 is 2.35 bits per heavy atom. The first-order valence-electron chi connectivity index (χ1n) is 8.37. The van der Waals surface area contributed by atoms with E-state index in [1.807, 2.05) is 63.2 Å². The van der Waals surface area contributed by atoms with Gasteiger partial charge in [0.2, 0.25) is 15.9 Å². The summed E-state index contributed by atoms with van der Waals surface area (Å²) in [5.41, 5.74) is 4.67. The molecular formula is C20H24N2O3S. The van der Waals surface area contributed by atoms with E-state index in [0.717, 1.165) is 33.3 Å². The van der Waals surface area contributed by atoms with Crippen LogP contribution in [0.2, 0.25) is 0 Å². The second-order valence-corrected chi connectivity index (χ2v) is 7.92. The van der Waals surface area contributed by atoms with Crippen LogP contribution < -0.4 is 10.0 Å². The van der Waals surface area contributed by atoms with E-state index in [9.17, 15) is 13.2 Å². The maximum atomic E-state index is 12.0. The van der Waals surface area contributed by atoms with Crippen LogP contribution in [0.25, 0.3) is 6.08 Å². The van der Waals surface area contributed by atoms with E-state index in [1.165, 1.54) is 6.08 Å². The number of hydrogen-bond donors (Lipinski definition) is 2. The Morgan fingerprint density at radius 2 is 1.65 bits per heavy atom. The van der Waals surface area contributed by atoms with E-state index in [0.29, 0.717) is 0 Å². The van der Waals surface area contributed by atoms with Crippen LogP contribution in [0.15, 0.2) is 47.9 Å². The number of rotatable bonds is 7. The van der Waals surface area contributed by atoms with Crippen LogP contribution in [-0.2, 0) is 14.8 Å². The van der Waals surface area contributed by atoms with Crippen LogP contribution in [0, 0.1) is 20.8 Å². The summed E-state index contributed by atoms with van der Waals surface area (Å²) in [5, 5.41) is 3.92. The van der Waals surface area contributed by atoms with Crippen LogP contribution in [0.3, 0.4) is 0 Å². The van der Waals surface area contributed by atoms with Gasteiger partial charge in [-0.05, 0) is 49.6 Å². The Labute approximate surface area is 155 Å². The van der Waals surface area contributed by atoms with Gasteiger partial charge in [-0.2, -0.15) is 0 Å². The minimum atomic E-state index is -3.58. The van der Waals surface area contributed by atoms with Crippen molar-refractivity contribution >= 4 is 27.7 Å². The highest BCUT2D eigenvalue weighted by Crippen LogP contribution is 2.16. The molecule has 0 aliphatic carbocycles. The summed E-state index contributed by atoms with van der Waals surface area (Å²) in [7, 11) is -3.58. The maximum Gasteiger partial charge on any atom is 0.233 e. The molecule has 2 N–H and O–H groups in total. The number of nitrogens with one attached hydrogen (secondary N) is 2. The van der Waals surface area contributed by atoms with Crippen molar-refractivity contribution in [3.63, 3.8) is 0 Å². The Bertz CT molecular complexity index is 901. The summed E-state index contributed by atoms with van der Waals surface area (Å²) >= 11 is 0. The van der Waals surface area contributed by atoms with Crippen molar-refractivity contribution in [3.05, 3.63) is 70.1 Å². The molecule has 1 amide bonds. The van der Waals surface area contributed by atoms with Crippen molar-refractivity contribution in [1.82, 2.24) is 4.72 Å². The number of benzene rings is 2. The van der Waals surface area contributed by atoms with E-state index in [-0.39, 0.29) is 18.9 Å². The number of aryl methyl sites for hydroxylation is 3. The summed E-state index contributed by atoms with van der Waals surface area (Å²) in [6.07, 6.45) is 1.59. The maximum absolute atomic E-state index is 12.0. The number of hydrogen-bond acceptors (Lipinski definition) is 3. The smallest absolute Gasteiger partial charge is 0.233 e. The number of sulfonamides is 1. The average Bonchev–Trinajstić information content (AvgIpc) is 2.57. The van der Waals surface area contributed by atoms with Crippen molar-refractivity contribution < 1.29 is 13.2 Å². The second kappa shape index (κ2) is 8.78.